The Labute approximate surface area is 158 Å². The van der Waals surface area contributed by atoms with E-state index in [1.807, 2.05) is 4.90 Å². The van der Waals surface area contributed by atoms with Crippen LogP contribution in [0.15, 0.2) is 27.5 Å². The van der Waals surface area contributed by atoms with E-state index in [0.717, 1.165) is 0 Å². The summed E-state index contributed by atoms with van der Waals surface area (Å²) in [4.78, 5) is 13.9. The monoisotopic (exact) mass is 445 g/mol. The molecule has 142 valence electrons. The predicted octanol–water partition coefficient (Wildman–Crippen LogP) is 4.32. The van der Waals surface area contributed by atoms with Gasteiger partial charge < -0.3 is 9.42 Å². The largest absolute Gasteiger partial charge is 0.471 e. The molecule has 1 fully saturated rings. The third kappa shape index (κ3) is 3.47. The molecule has 27 heavy (non-hydrogen) atoms. The highest BCUT2D eigenvalue weighted by molar-refractivity contribution is 9.10. The van der Waals surface area contributed by atoms with E-state index in [0.29, 0.717) is 47.1 Å². The second kappa shape index (κ2) is 6.70. The van der Waals surface area contributed by atoms with Crippen molar-refractivity contribution in [2.45, 2.75) is 24.9 Å². The van der Waals surface area contributed by atoms with Crippen molar-refractivity contribution < 1.29 is 22.1 Å². The fraction of sp³-hybridized carbons (Fsp3) is 0.375. The molecule has 1 aromatic carbocycles. The third-order valence-corrected chi connectivity index (χ3v) is 5.08. The molecule has 3 aromatic rings. The molecule has 0 unspecified atom stereocenters. The molecule has 4 rings (SSSR count). The first-order chi connectivity index (χ1) is 12.8. The lowest BCUT2D eigenvalue weighted by Gasteiger charge is -2.32. The molecule has 11 heteroatoms. The quantitative estimate of drug-likeness (QED) is 0.547. The van der Waals surface area contributed by atoms with Gasteiger partial charge in [0.1, 0.15) is 18.0 Å². The van der Waals surface area contributed by atoms with Gasteiger partial charge in [-0.15, -0.1) is 0 Å². The van der Waals surface area contributed by atoms with Crippen LogP contribution in [0.4, 0.5) is 23.4 Å². The number of hydrogen-bond acceptors (Lipinski definition) is 6. The summed E-state index contributed by atoms with van der Waals surface area (Å²) in [5.74, 6) is -1.34. The lowest BCUT2D eigenvalue weighted by molar-refractivity contribution is -0.159. The molecule has 0 radical (unpaired) electrons. The molecule has 1 aliphatic heterocycles. The van der Waals surface area contributed by atoms with Crippen molar-refractivity contribution in [3.63, 3.8) is 0 Å². The fourth-order valence-corrected chi connectivity index (χ4v) is 3.73. The summed E-state index contributed by atoms with van der Waals surface area (Å²) in [5, 5.41) is 4.04. The summed E-state index contributed by atoms with van der Waals surface area (Å²) in [7, 11) is 0. The highest BCUT2D eigenvalue weighted by atomic mass is 79.9. The van der Waals surface area contributed by atoms with E-state index in [1.165, 1.54) is 18.5 Å². The maximum Gasteiger partial charge on any atom is 0.471 e. The number of benzene rings is 1. The molecule has 0 bridgehead atoms. The van der Waals surface area contributed by atoms with Crippen LogP contribution in [0.25, 0.3) is 10.9 Å². The number of aromatic nitrogens is 4. The number of rotatable bonds is 2. The first-order valence-corrected chi connectivity index (χ1v) is 8.87. The molecule has 2 aromatic heterocycles. The van der Waals surface area contributed by atoms with Crippen molar-refractivity contribution in [1.29, 1.82) is 0 Å². The molecular weight excluding hydrogens is 434 g/mol. The second-order valence-corrected chi connectivity index (χ2v) is 7.05. The van der Waals surface area contributed by atoms with Crippen LogP contribution >= 0.6 is 15.9 Å². The van der Waals surface area contributed by atoms with Crippen LogP contribution in [0.2, 0.25) is 0 Å². The molecule has 0 saturated carbocycles. The van der Waals surface area contributed by atoms with Crippen LogP contribution in [-0.4, -0.2) is 33.2 Å². The average molecular weight is 446 g/mol. The minimum Gasteiger partial charge on any atom is -0.356 e. The highest BCUT2D eigenvalue weighted by Crippen LogP contribution is 2.35. The maximum absolute atomic E-state index is 13.8. The summed E-state index contributed by atoms with van der Waals surface area (Å²) in [6, 6.07) is 2.70. The Balaban J connectivity index is 1.55. The molecule has 0 N–H and O–H groups in total. The van der Waals surface area contributed by atoms with Gasteiger partial charge in [-0.1, -0.05) is 5.16 Å². The van der Waals surface area contributed by atoms with E-state index < -0.39 is 17.9 Å². The van der Waals surface area contributed by atoms with Gasteiger partial charge in [0.15, 0.2) is 5.82 Å². The maximum atomic E-state index is 13.8. The van der Waals surface area contributed by atoms with Gasteiger partial charge in [0.2, 0.25) is 0 Å². The van der Waals surface area contributed by atoms with E-state index in [4.69, 9.17) is 0 Å². The minimum absolute atomic E-state index is 0.0586. The second-order valence-electron chi connectivity index (χ2n) is 6.20. The lowest BCUT2D eigenvalue weighted by Crippen LogP contribution is -2.34. The zero-order valence-electron chi connectivity index (χ0n) is 13.7. The fourth-order valence-electron chi connectivity index (χ4n) is 3.20. The summed E-state index contributed by atoms with van der Waals surface area (Å²) in [6.45, 7) is 1.03. The number of nitrogens with zero attached hydrogens (tertiary/aromatic N) is 5. The number of fused-ring (bicyclic) bond motifs is 1. The molecule has 0 spiro atoms. The van der Waals surface area contributed by atoms with E-state index in [-0.39, 0.29) is 11.7 Å². The Kier molecular flexibility index (Phi) is 4.49. The molecule has 0 amide bonds. The standard InChI is InChI=1S/C16H12BrF4N5O/c17-11-6-9(18)5-10-12(11)22-7-23-14(10)26-3-1-8(2-4-26)13-24-15(27-25-13)16(19,20)21/h5-8H,1-4H2. The zero-order chi connectivity index (χ0) is 19.2. The summed E-state index contributed by atoms with van der Waals surface area (Å²) >= 11 is 3.30. The number of piperidine rings is 1. The first kappa shape index (κ1) is 18.1. The third-order valence-electron chi connectivity index (χ3n) is 4.48. The van der Waals surface area contributed by atoms with Gasteiger partial charge in [-0.2, -0.15) is 18.2 Å². The molecule has 0 atom stereocenters. The number of hydrogen-bond donors (Lipinski definition) is 0. The van der Waals surface area contributed by atoms with E-state index in [9.17, 15) is 17.6 Å². The predicted molar refractivity (Wildman–Crippen MR) is 90.7 cm³/mol. The number of alkyl halides is 3. The lowest BCUT2D eigenvalue weighted by atomic mass is 9.96. The summed E-state index contributed by atoms with van der Waals surface area (Å²) in [6.07, 6.45) is -2.19. The number of halogens is 5. The van der Waals surface area contributed by atoms with Crippen molar-refractivity contribution in [3.05, 3.63) is 40.5 Å². The molecular formula is C16H12BrF4N5O. The first-order valence-electron chi connectivity index (χ1n) is 8.08. The van der Waals surface area contributed by atoms with Crippen molar-refractivity contribution >= 4 is 32.7 Å². The molecule has 1 saturated heterocycles. The Morgan fingerprint density at radius 2 is 1.89 bits per heavy atom. The van der Waals surface area contributed by atoms with Crippen LogP contribution in [0.1, 0.15) is 30.5 Å². The SMILES string of the molecule is Fc1cc(Br)c2ncnc(N3CCC(c4noc(C(F)(F)F)n4)CC3)c2c1. The van der Waals surface area contributed by atoms with Crippen molar-refractivity contribution in [2.24, 2.45) is 0 Å². The van der Waals surface area contributed by atoms with Gasteiger partial charge in [-0.25, -0.2) is 14.4 Å². The van der Waals surface area contributed by atoms with Gasteiger partial charge in [-0.05, 0) is 40.9 Å². The topological polar surface area (TPSA) is 67.9 Å². The van der Waals surface area contributed by atoms with Gasteiger partial charge in [-0.3, -0.25) is 0 Å². The van der Waals surface area contributed by atoms with E-state index in [2.05, 4.69) is 40.6 Å². The Bertz CT molecular complexity index is 985. The average Bonchev–Trinajstić information content (AvgIpc) is 3.12. The van der Waals surface area contributed by atoms with E-state index in [1.54, 1.807) is 0 Å². The highest BCUT2D eigenvalue weighted by Gasteiger charge is 2.39. The van der Waals surface area contributed by atoms with Gasteiger partial charge in [0, 0.05) is 28.9 Å². The molecule has 0 aliphatic carbocycles. The van der Waals surface area contributed by atoms with Crippen LogP contribution in [0.5, 0.6) is 0 Å². The van der Waals surface area contributed by atoms with Crippen molar-refractivity contribution in [2.75, 3.05) is 18.0 Å². The van der Waals surface area contributed by atoms with E-state index >= 15 is 0 Å². The van der Waals surface area contributed by atoms with Gasteiger partial charge in [0.05, 0.1) is 5.52 Å². The minimum atomic E-state index is -4.65. The molecule has 3 heterocycles. The Morgan fingerprint density at radius 3 is 2.56 bits per heavy atom. The van der Waals surface area contributed by atoms with Crippen LogP contribution in [0.3, 0.4) is 0 Å². The zero-order valence-corrected chi connectivity index (χ0v) is 15.3. The van der Waals surface area contributed by atoms with Gasteiger partial charge >= 0.3 is 12.1 Å². The van der Waals surface area contributed by atoms with Crippen molar-refractivity contribution in [1.82, 2.24) is 20.1 Å². The number of anilines is 1. The normalized spacial score (nSPS) is 16.3. The van der Waals surface area contributed by atoms with Crippen LogP contribution in [-0.2, 0) is 6.18 Å². The van der Waals surface area contributed by atoms with Crippen LogP contribution < -0.4 is 4.90 Å². The summed E-state index contributed by atoms with van der Waals surface area (Å²) in [5.41, 5.74) is 0.594. The van der Waals surface area contributed by atoms with Crippen molar-refractivity contribution in [3.8, 4) is 0 Å². The summed E-state index contributed by atoms with van der Waals surface area (Å²) < 4.78 is 56.5. The molecule has 6 nitrogen and oxygen atoms in total. The smallest absolute Gasteiger partial charge is 0.356 e. The van der Waals surface area contributed by atoms with Crippen LogP contribution in [0, 0.1) is 5.82 Å². The Hall–Kier alpha value is -2.30. The molecule has 1 aliphatic rings. The van der Waals surface area contributed by atoms with Gasteiger partial charge in [0.25, 0.3) is 0 Å². The Morgan fingerprint density at radius 1 is 1.15 bits per heavy atom.